The van der Waals surface area contributed by atoms with Crippen LogP contribution in [0.5, 0.6) is 5.75 Å². The highest BCUT2D eigenvalue weighted by molar-refractivity contribution is 5.92. The van der Waals surface area contributed by atoms with Crippen molar-refractivity contribution in [1.29, 1.82) is 0 Å². The van der Waals surface area contributed by atoms with Crippen LogP contribution in [0.25, 0.3) is 0 Å². The van der Waals surface area contributed by atoms with E-state index >= 15 is 0 Å². The van der Waals surface area contributed by atoms with E-state index in [0.717, 1.165) is 0 Å². The molecular formula is C13H20ClN3O3. The Hall–Kier alpha value is -1.79. The lowest BCUT2D eigenvalue weighted by Crippen LogP contribution is -2.26. The molecule has 0 saturated heterocycles. The van der Waals surface area contributed by atoms with Crippen molar-refractivity contribution in [2.45, 2.75) is 13.3 Å². The Balaban J connectivity index is 0.00000361. The fourth-order valence-electron chi connectivity index (χ4n) is 1.28. The molecule has 2 amide bonds. The van der Waals surface area contributed by atoms with Gasteiger partial charge in [-0.2, -0.15) is 0 Å². The van der Waals surface area contributed by atoms with Crippen LogP contribution in [-0.4, -0.2) is 25.0 Å². The van der Waals surface area contributed by atoms with Gasteiger partial charge in [0.2, 0.25) is 11.8 Å². The van der Waals surface area contributed by atoms with E-state index in [2.05, 4.69) is 5.32 Å². The molecule has 0 bridgehead atoms. The predicted octanol–water partition coefficient (Wildman–Crippen LogP) is 0.896. The van der Waals surface area contributed by atoms with Crippen LogP contribution in [0, 0.1) is 5.92 Å². The molecule has 20 heavy (non-hydrogen) atoms. The molecular weight excluding hydrogens is 282 g/mol. The predicted molar refractivity (Wildman–Crippen MR) is 79.8 cm³/mol. The van der Waals surface area contributed by atoms with Crippen LogP contribution in [0.4, 0.5) is 5.69 Å². The van der Waals surface area contributed by atoms with Gasteiger partial charge in [-0.25, -0.2) is 0 Å². The zero-order chi connectivity index (χ0) is 14.3. The van der Waals surface area contributed by atoms with Crippen molar-refractivity contribution in [3.63, 3.8) is 0 Å². The van der Waals surface area contributed by atoms with Crippen molar-refractivity contribution >= 4 is 29.9 Å². The van der Waals surface area contributed by atoms with Crippen molar-refractivity contribution in [2.24, 2.45) is 17.4 Å². The highest BCUT2D eigenvalue weighted by Gasteiger charge is 2.10. The first-order chi connectivity index (χ1) is 9.02. The van der Waals surface area contributed by atoms with Crippen molar-refractivity contribution < 1.29 is 14.3 Å². The Bertz CT molecular complexity index is 437. The van der Waals surface area contributed by atoms with E-state index in [1.165, 1.54) is 0 Å². The molecule has 6 nitrogen and oxygen atoms in total. The molecule has 0 radical (unpaired) electrons. The quantitative estimate of drug-likeness (QED) is 0.695. The third kappa shape index (κ3) is 6.40. The van der Waals surface area contributed by atoms with Crippen LogP contribution in [0.15, 0.2) is 24.3 Å². The van der Waals surface area contributed by atoms with Gasteiger partial charge in [-0.1, -0.05) is 6.92 Å². The fraction of sp³-hybridized carbons (Fsp3) is 0.385. The average Bonchev–Trinajstić information content (AvgIpc) is 2.39. The molecule has 0 aliphatic heterocycles. The lowest BCUT2D eigenvalue weighted by molar-refractivity contribution is -0.119. The standard InChI is InChI=1S/C13H19N3O3.ClH/c1-9(8-14)13(18)16-10-2-4-11(5-3-10)19-7-6-12(15)17;/h2-5,9H,6-8,14H2,1H3,(H2,15,17)(H,16,18);1H. The summed E-state index contributed by atoms with van der Waals surface area (Å²) >= 11 is 0. The Morgan fingerprint density at radius 2 is 1.90 bits per heavy atom. The normalized spacial score (nSPS) is 11.1. The van der Waals surface area contributed by atoms with Gasteiger partial charge in [0.25, 0.3) is 0 Å². The van der Waals surface area contributed by atoms with Crippen LogP contribution in [0.1, 0.15) is 13.3 Å². The monoisotopic (exact) mass is 301 g/mol. The Labute approximate surface area is 124 Å². The number of halogens is 1. The fourth-order valence-corrected chi connectivity index (χ4v) is 1.28. The molecule has 0 aliphatic rings. The molecule has 112 valence electrons. The van der Waals surface area contributed by atoms with Crippen molar-refractivity contribution in [1.82, 2.24) is 0 Å². The molecule has 7 heteroatoms. The van der Waals surface area contributed by atoms with Crippen LogP contribution in [0.2, 0.25) is 0 Å². The topological polar surface area (TPSA) is 107 Å². The van der Waals surface area contributed by atoms with E-state index in [1.54, 1.807) is 31.2 Å². The second kappa shape index (κ2) is 9.17. The van der Waals surface area contributed by atoms with Gasteiger partial charge in [0.1, 0.15) is 5.75 Å². The summed E-state index contributed by atoms with van der Waals surface area (Å²) in [7, 11) is 0. The largest absolute Gasteiger partial charge is 0.493 e. The van der Waals surface area contributed by atoms with Crippen LogP contribution >= 0.6 is 12.4 Å². The smallest absolute Gasteiger partial charge is 0.228 e. The Morgan fingerprint density at radius 3 is 2.40 bits per heavy atom. The summed E-state index contributed by atoms with van der Waals surface area (Å²) in [4.78, 5) is 22.1. The number of hydrogen-bond donors (Lipinski definition) is 3. The number of nitrogens with two attached hydrogens (primary N) is 2. The number of hydrogen-bond acceptors (Lipinski definition) is 4. The molecule has 1 rings (SSSR count). The minimum atomic E-state index is -0.403. The summed E-state index contributed by atoms with van der Waals surface area (Å²) < 4.78 is 5.31. The van der Waals surface area contributed by atoms with E-state index in [9.17, 15) is 9.59 Å². The van der Waals surface area contributed by atoms with E-state index in [-0.39, 0.29) is 37.3 Å². The van der Waals surface area contributed by atoms with Gasteiger partial charge in [0.15, 0.2) is 0 Å². The van der Waals surface area contributed by atoms with Crippen LogP contribution in [-0.2, 0) is 9.59 Å². The van der Waals surface area contributed by atoms with Crippen molar-refractivity contribution in [2.75, 3.05) is 18.5 Å². The average molecular weight is 302 g/mol. The number of ether oxygens (including phenoxy) is 1. The highest BCUT2D eigenvalue weighted by Crippen LogP contribution is 2.16. The number of benzene rings is 1. The van der Waals surface area contributed by atoms with Crippen LogP contribution < -0.4 is 21.5 Å². The van der Waals surface area contributed by atoms with Gasteiger partial charge in [0, 0.05) is 18.2 Å². The van der Waals surface area contributed by atoms with Gasteiger partial charge in [-0.3, -0.25) is 9.59 Å². The minimum Gasteiger partial charge on any atom is -0.493 e. The lowest BCUT2D eigenvalue weighted by Gasteiger charge is -2.10. The second-order valence-corrected chi connectivity index (χ2v) is 4.22. The summed E-state index contributed by atoms with van der Waals surface area (Å²) in [5, 5.41) is 2.75. The molecule has 0 saturated carbocycles. The van der Waals surface area contributed by atoms with Gasteiger partial charge >= 0.3 is 0 Å². The van der Waals surface area contributed by atoms with Gasteiger partial charge in [0.05, 0.1) is 13.0 Å². The number of carbonyl (C=O) groups excluding carboxylic acids is 2. The van der Waals surface area contributed by atoms with E-state index < -0.39 is 5.91 Å². The molecule has 5 N–H and O–H groups in total. The SMILES string of the molecule is CC(CN)C(=O)Nc1ccc(OCCC(N)=O)cc1.Cl. The van der Waals surface area contributed by atoms with Crippen LogP contribution in [0.3, 0.4) is 0 Å². The molecule has 0 spiro atoms. The molecule has 0 heterocycles. The lowest BCUT2D eigenvalue weighted by atomic mass is 10.1. The molecule has 1 atom stereocenters. The number of primary amides is 1. The maximum absolute atomic E-state index is 11.6. The number of nitrogens with one attached hydrogen (secondary N) is 1. The number of carbonyl (C=O) groups is 2. The molecule has 0 aliphatic carbocycles. The number of anilines is 1. The third-order valence-corrected chi connectivity index (χ3v) is 2.54. The molecule has 0 fully saturated rings. The first kappa shape index (κ1) is 18.2. The zero-order valence-electron chi connectivity index (χ0n) is 11.3. The Kier molecular flexibility index (Phi) is 8.35. The zero-order valence-corrected chi connectivity index (χ0v) is 12.1. The Morgan fingerprint density at radius 1 is 1.30 bits per heavy atom. The summed E-state index contributed by atoms with van der Waals surface area (Å²) in [6.45, 7) is 2.31. The maximum atomic E-state index is 11.6. The van der Waals surface area contributed by atoms with Gasteiger partial charge in [-0.15, -0.1) is 12.4 Å². The van der Waals surface area contributed by atoms with E-state index in [1.807, 2.05) is 0 Å². The van der Waals surface area contributed by atoms with E-state index in [4.69, 9.17) is 16.2 Å². The van der Waals surface area contributed by atoms with Crippen molar-refractivity contribution in [3.8, 4) is 5.75 Å². The maximum Gasteiger partial charge on any atom is 0.228 e. The molecule has 1 aromatic carbocycles. The number of amides is 2. The van der Waals surface area contributed by atoms with Gasteiger partial charge in [-0.05, 0) is 24.3 Å². The van der Waals surface area contributed by atoms with Crippen molar-refractivity contribution in [3.05, 3.63) is 24.3 Å². The summed E-state index contributed by atoms with van der Waals surface area (Å²) in [5.74, 6) is -0.137. The highest BCUT2D eigenvalue weighted by atomic mass is 35.5. The minimum absolute atomic E-state index is 0. The van der Waals surface area contributed by atoms with E-state index in [0.29, 0.717) is 18.0 Å². The summed E-state index contributed by atoms with van der Waals surface area (Å²) in [5.41, 5.74) is 11.1. The first-order valence-electron chi connectivity index (χ1n) is 6.05. The summed E-state index contributed by atoms with van der Waals surface area (Å²) in [6, 6.07) is 6.87. The first-order valence-corrected chi connectivity index (χ1v) is 6.05. The molecule has 1 aromatic rings. The van der Waals surface area contributed by atoms with Gasteiger partial charge < -0.3 is 21.5 Å². The third-order valence-electron chi connectivity index (χ3n) is 2.54. The second-order valence-electron chi connectivity index (χ2n) is 4.22. The molecule has 1 unspecified atom stereocenters. The summed E-state index contributed by atoms with van der Waals surface area (Å²) in [6.07, 6.45) is 0.173. The molecule has 0 aromatic heterocycles. The number of rotatable bonds is 7.